The van der Waals surface area contributed by atoms with Crippen LogP contribution in [0.15, 0.2) is 53.4 Å². The average molecular weight is 457 g/mol. The third-order valence-electron chi connectivity index (χ3n) is 4.28. The smallest absolute Gasteiger partial charge is 0.430 e. The molecule has 0 spiro atoms. The van der Waals surface area contributed by atoms with Gasteiger partial charge in [-0.25, -0.2) is 4.39 Å². The number of hydrogen-bond acceptors (Lipinski definition) is 3. The second-order valence-electron chi connectivity index (χ2n) is 6.44. The Labute approximate surface area is 171 Å². The molecule has 1 atom stereocenters. The molecule has 0 saturated carbocycles. The minimum absolute atomic E-state index is 0.153. The number of aliphatic hydroxyl groups is 1. The minimum atomic E-state index is -5.93. The molecule has 11 heteroatoms. The van der Waals surface area contributed by atoms with E-state index < -0.39 is 40.5 Å². The van der Waals surface area contributed by atoms with Gasteiger partial charge in [-0.05, 0) is 47.5 Å². The van der Waals surface area contributed by atoms with E-state index in [0.717, 1.165) is 12.1 Å². The molecule has 0 heterocycles. The summed E-state index contributed by atoms with van der Waals surface area (Å²) >= 11 is -1.32. The molecule has 0 aromatic heterocycles. The molecule has 0 aliphatic carbocycles. The minimum Gasteiger partial charge on any atom is -0.611 e. The normalized spacial score (nSPS) is 14.0. The number of alkyl halides is 6. The van der Waals surface area contributed by atoms with Crippen molar-refractivity contribution >= 4 is 11.2 Å². The van der Waals surface area contributed by atoms with Crippen molar-refractivity contribution in [3.8, 4) is 0 Å². The summed E-state index contributed by atoms with van der Waals surface area (Å²) in [6, 6.07) is 8.53. The van der Waals surface area contributed by atoms with E-state index >= 15 is 0 Å². The van der Waals surface area contributed by atoms with Gasteiger partial charge in [0.05, 0.1) is 0 Å². The Morgan fingerprint density at radius 2 is 1.40 bits per heavy atom. The van der Waals surface area contributed by atoms with Crippen molar-refractivity contribution < 1.29 is 40.4 Å². The Hall–Kier alpha value is -1.82. The maximum Gasteiger partial charge on any atom is 0.430 e. The zero-order chi connectivity index (χ0) is 22.6. The molecule has 0 fully saturated rings. The van der Waals surface area contributed by atoms with Crippen LogP contribution in [0.4, 0.5) is 30.7 Å². The fourth-order valence-electron chi connectivity index (χ4n) is 2.62. The first-order chi connectivity index (χ1) is 13.9. The van der Waals surface area contributed by atoms with Crippen LogP contribution >= 0.6 is 0 Å². The van der Waals surface area contributed by atoms with Crippen molar-refractivity contribution in [2.45, 2.75) is 35.8 Å². The summed E-state index contributed by atoms with van der Waals surface area (Å²) in [6.45, 7) is 0.545. The maximum absolute atomic E-state index is 12.9. The summed E-state index contributed by atoms with van der Waals surface area (Å²) in [6.07, 6.45) is -11.4. The van der Waals surface area contributed by atoms with Crippen LogP contribution in [0, 0.1) is 5.82 Å². The highest BCUT2D eigenvalue weighted by molar-refractivity contribution is 7.91. The van der Waals surface area contributed by atoms with Gasteiger partial charge in [-0.2, -0.15) is 26.3 Å². The molecule has 2 aromatic rings. The molecule has 3 nitrogen and oxygen atoms in total. The van der Waals surface area contributed by atoms with Crippen molar-refractivity contribution in [1.82, 2.24) is 5.32 Å². The van der Waals surface area contributed by atoms with Gasteiger partial charge in [-0.3, -0.25) is 0 Å². The highest BCUT2D eigenvalue weighted by atomic mass is 32.2. The van der Waals surface area contributed by atoms with E-state index in [1.807, 2.05) is 0 Å². The number of hydrogen-bond donors (Lipinski definition) is 2. The van der Waals surface area contributed by atoms with Gasteiger partial charge in [-0.1, -0.05) is 24.3 Å². The Morgan fingerprint density at radius 3 is 1.90 bits per heavy atom. The predicted molar refractivity (Wildman–Crippen MR) is 96.4 cm³/mol. The Kier molecular flexibility index (Phi) is 7.78. The predicted octanol–water partition coefficient (Wildman–Crippen LogP) is 4.43. The number of nitrogens with one attached hydrogen (secondary N) is 1. The van der Waals surface area contributed by atoms with Gasteiger partial charge >= 0.3 is 12.4 Å². The van der Waals surface area contributed by atoms with Gasteiger partial charge in [0.2, 0.25) is 0 Å². The highest BCUT2D eigenvalue weighted by Gasteiger charge is 2.71. The third-order valence-corrected chi connectivity index (χ3v) is 5.74. The van der Waals surface area contributed by atoms with Crippen molar-refractivity contribution in [2.75, 3.05) is 12.3 Å². The Balaban J connectivity index is 1.87. The van der Waals surface area contributed by atoms with Crippen LogP contribution < -0.4 is 5.32 Å². The SMILES string of the molecule is [O-][S@+](CCCNCc1ccc(C(O)(C(F)(F)F)C(F)(F)F)cc1)c1ccc(F)cc1. The molecule has 2 aromatic carbocycles. The lowest BCUT2D eigenvalue weighted by Crippen LogP contribution is -2.53. The second kappa shape index (κ2) is 9.54. The lowest BCUT2D eigenvalue weighted by atomic mass is 9.91. The molecule has 2 rings (SSSR count). The fraction of sp³-hybridized carbons (Fsp3) is 0.368. The van der Waals surface area contributed by atoms with Crippen LogP contribution in [0.2, 0.25) is 0 Å². The summed E-state index contributed by atoms with van der Waals surface area (Å²) < 4.78 is 102. The van der Waals surface area contributed by atoms with E-state index in [2.05, 4.69) is 5.32 Å². The van der Waals surface area contributed by atoms with Gasteiger partial charge in [0.15, 0.2) is 4.90 Å². The second-order valence-corrected chi connectivity index (χ2v) is 8.01. The third kappa shape index (κ3) is 5.65. The lowest BCUT2D eigenvalue weighted by Gasteiger charge is -2.32. The largest absolute Gasteiger partial charge is 0.611 e. The van der Waals surface area contributed by atoms with Crippen LogP contribution in [0.1, 0.15) is 17.5 Å². The fourth-order valence-corrected chi connectivity index (χ4v) is 3.70. The molecule has 0 amide bonds. The standard InChI is InChI=1S/C19H18F7NO2S/c20-15-6-8-16(9-7-15)30(29)11-1-10-27-12-13-2-4-14(5-3-13)17(28,18(21,22)23)19(24,25)26/h2-9,27-28H,1,10-12H2/t30-/m1/s1. The van der Waals surface area contributed by atoms with Gasteiger partial charge < -0.3 is 15.0 Å². The highest BCUT2D eigenvalue weighted by Crippen LogP contribution is 2.49. The van der Waals surface area contributed by atoms with E-state index in [1.54, 1.807) is 0 Å². The topological polar surface area (TPSA) is 55.3 Å². The average Bonchev–Trinajstić information content (AvgIpc) is 2.66. The zero-order valence-corrected chi connectivity index (χ0v) is 16.2. The van der Waals surface area contributed by atoms with Crippen molar-refractivity contribution in [3.63, 3.8) is 0 Å². The van der Waals surface area contributed by atoms with E-state index in [1.165, 1.54) is 24.3 Å². The molecule has 0 aliphatic rings. The molecule has 0 bridgehead atoms. The van der Waals surface area contributed by atoms with Crippen molar-refractivity contribution in [2.24, 2.45) is 0 Å². The summed E-state index contributed by atoms with van der Waals surface area (Å²) in [4.78, 5) is 0.480. The van der Waals surface area contributed by atoms with E-state index in [0.29, 0.717) is 41.3 Å². The molecule has 0 radical (unpaired) electrons. The van der Waals surface area contributed by atoms with Crippen LogP contribution in [0.5, 0.6) is 0 Å². The molecule has 2 N–H and O–H groups in total. The number of halogens is 7. The molecular weight excluding hydrogens is 439 g/mol. The van der Waals surface area contributed by atoms with Crippen LogP contribution in [-0.2, 0) is 23.3 Å². The van der Waals surface area contributed by atoms with Crippen LogP contribution in [-0.4, -0.2) is 34.3 Å². The van der Waals surface area contributed by atoms with Gasteiger partial charge in [-0.15, -0.1) is 0 Å². The van der Waals surface area contributed by atoms with Gasteiger partial charge in [0.1, 0.15) is 11.6 Å². The molecule has 166 valence electrons. The Bertz CT molecular complexity index is 794. The summed E-state index contributed by atoms with van der Waals surface area (Å²) in [5, 5.41) is 12.3. The van der Waals surface area contributed by atoms with Crippen molar-refractivity contribution in [1.29, 1.82) is 0 Å². The molecule has 30 heavy (non-hydrogen) atoms. The van der Waals surface area contributed by atoms with Crippen molar-refractivity contribution in [3.05, 3.63) is 65.5 Å². The first-order valence-corrected chi connectivity index (χ1v) is 9.98. The molecule has 0 saturated heterocycles. The zero-order valence-electron chi connectivity index (χ0n) is 15.4. The summed E-state index contributed by atoms with van der Waals surface area (Å²) in [5.74, 6) is -0.144. The first kappa shape index (κ1) is 24.4. The molecule has 0 aliphatic heterocycles. The quantitative estimate of drug-likeness (QED) is 0.351. The Morgan fingerprint density at radius 1 is 0.867 bits per heavy atom. The van der Waals surface area contributed by atoms with E-state index in [-0.39, 0.29) is 6.54 Å². The molecular formula is C19H18F7NO2S. The lowest BCUT2D eigenvalue weighted by molar-refractivity contribution is -0.376. The van der Waals surface area contributed by atoms with Gasteiger partial charge in [0.25, 0.3) is 5.60 Å². The number of benzene rings is 2. The van der Waals surface area contributed by atoms with E-state index in [4.69, 9.17) is 0 Å². The maximum atomic E-state index is 12.9. The number of rotatable bonds is 8. The first-order valence-electron chi connectivity index (χ1n) is 8.66. The van der Waals surface area contributed by atoms with Gasteiger partial charge in [0, 0.05) is 18.5 Å². The monoisotopic (exact) mass is 457 g/mol. The van der Waals surface area contributed by atoms with Crippen LogP contribution in [0.25, 0.3) is 0 Å². The summed E-state index contributed by atoms with van der Waals surface area (Å²) in [5.41, 5.74) is -5.86. The summed E-state index contributed by atoms with van der Waals surface area (Å²) in [7, 11) is 0. The molecule has 0 unspecified atom stereocenters. The van der Waals surface area contributed by atoms with Crippen LogP contribution in [0.3, 0.4) is 0 Å². The van der Waals surface area contributed by atoms with E-state index in [9.17, 15) is 40.4 Å².